The van der Waals surface area contributed by atoms with Gasteiger partial charge in [0.15, 0.2) is 5.16 Å². The molecule has 0 fully saturated rings. The zero-order valence-corrected chi connectivity index (χ0v) is 15.2. The van der Waals surface area contributed by atoms with Gasteiger partial charge in [-0.25, -0.2) is 4.98 Å². The van der Waals surface area contributed by atoms with Crippen LogP contribution in [0.3, 0.4) is 0 Å². The number of allylic oxidation sites excluding steroid dienone is 1. The van der Waals surface area contributed by atoms with E-state index in [4.69, 9.17) is 9.72 Å². The molecule has 0 aliphatic rings. The van der Waals surface area contributed by atoms with Gasteiger partial charge in [-0.2, -0.15) is 0 Å². The van der Waals surface area contributed by atoms with Gasteiger partial charge in [0, 0.05) is 23.2 Å². The zero-order chi connectivity index (χ0) is 16.9. The molecule has 0 spiro atoms. The smallest absolute Gasteiger partial charge is 0.191 e. The third-order valence-corrected chi connectivity index (χ3v) is 5.39. The number of benzene rings is 1. The molecule has 0 bridgehead atoms. The Kier molecular flexibility index (Phi) is 5.32. The highest BCUT2D eigenvalue weighted by molar-refractivity contribution is 7.98. The minimum atomic E-state index is 0.718. The van der Waals surface area contributed by atoms with E-state index in [2.05, 4.69) is 26.7 Å². The van der Waals surface area contributed by atoms with Crippen molar-refractivity contribution in [3.8, 4) is 16.3 Å². The number of hydrogen-bond donors (Lipinski definition) is 0. The summed E-state index contributed by atoms with van der Waals surface area (Å²) in [5.74, 6) is 2.51. The Labute approximate surface area is 149 Å². The quantitative estimate of drug-likeness (QED) is 0.468. The van der Waals surface area contributed by atoms with Crippen LogP contribution in [-0.4, -0.2) is 26.9 Å². The summed E-state index contributed by atoms with van der Waals surface area (Å²) in [6.45, 7) is 6.45. The number of aromatic nitrogens is 4. The van der Waals surface area contributed by atoms with E-state index in [1.807, 2.05) is 37.3 Å². The van der Waals surface area contributed by atoms with E-state index in [0.717, 1.165) is 45.3 Å². The van der Waals surface area contributed by atoms with Crippen LogP contribution in [0.4, 0.5) is 0 Å². The average Bonchev–Trinajstić information content (AvgIpc) is 3.21. The van der Waals surface area contributed by atoms with Crippen molar-refractivity contribution in [3.05, 3.63) is 53.8 Å². The Morgan fingerprint density at radius 2 is 2.08 bits per heavy atom. The second-order valence-electron chi connectivity index (χ2n) is 5.09. The maximum Gasteiger partial charge on any atom is 0.191 e. The summed E-state index contributed by atoms with van der Waals surface area (Å²) in [4.78, 5) is 4.71. The number of aryl methyl sites for hydroxylation is 1. The lowest BCUT2D eigenvalue weighted by Gasteiger charge is -2.04. The Hall–Kier alpha value is -2.12. The van der Waals surface area contributed by atoms with Crippen molar-refractivity contribution in [2.75, 3.05) is 7.11 Å². The van der Waals surface area contributed by atoms with Crippen molar-refractivity contribution >= 4 is 23.1 Å². The van der Waals surface area contributed by atoms with E-state index in [1.54, 1.807) is 30.2 Å². The van der Waals surface area contributed by atoms with Crippen LogP contribution in [0, 0.1) is 6.92 Å². The van der Waals surface area contributed by atoms with Crippen LogP contribution < -0.4 is 4.74 Å². The predicted molar refractivity (Wildman–Crippen MR) is 98.6 cm³/mol. The SMILES string of the molecule is C=CCn1c(C)nnc1SCc1csc(-c2ccc(OC)cc2)n1. The first kappa shape index (κ1) is 16.7. The maximum absolute atomic E-state index is 5.19. The van der Waals surface area contributed by atoms with Gasteiger partial charge < -0.3 is 9.30 Å². The Morgan fingerprint density at radius 3 is 2.79 bits per heavy atom. The first-order chi connectivity index (χ1) is 11.7. The average molecular weight is 358 g/mol. The lowest BCUT2D eigenvalue weighted by Crippen LogP contribution is -2.00. The summed E-state index contributed by atoms with van der Waals surface area (Å²) in [5, 5.41) is 12.4. The van der Waals surface area contributed by atoms with E-state index >= 15 is 0 Å². The van der Waals surface area contributed by atoms with Crippen LogP contribution in [0.5, 0.6) is 5.75 Å². The molecule has 0 saturated carbocycles. The van der Waals surface area contributed by atoms with Crippen LogP contribution >= 0.6 is 23.1 Å². The third kappa shape index (κ3) is 3.68. The molecule has 0 aliphatic carbocycles. The maximum atomic E-state index is 5.19. The lowest BCUT2D eigenvalue weighted by atomic mass is 10.2. The van der Waals surface area contributed by atoms with Crippen LogP contribution in [0.25, 0.3) is 10.6 Å². The van der Waals surface area contributed by atoms with Gasteiger partial charge in [0.2, 0.25) is 0 Å². The molecular weight excluding hydrogens is 340 g/mol. The van der Waals surface area contributed by atoms with Gasteiger partial charge >= 0.3 is 0 Å². The van der Waals surface area contributed by atoms with Crippen molar-refractivity contribution in [2.45, 2.75) is 24.4 Å². The first-order valence-electron chi connectivity index (χ1n) is 7.43. The fourth-order valence-corrected chi connectivity index (χ4v) is 4.00. The molecule has 1 aromatic carbocycles. The predicted octanol–water partition coefficient (Wildman–Crippen LogP) is 4.20. The van der Waals surface area contributed by atoms with Gasteiger partial charge in [-0.15, -0.1) is 28.1 Å². The molecule has 0 amide bonds. The highest BCUT2D eigenvalue weighted by Gasteiger charge is 2.10. The van der Waals surface area contributed by atoms with E-state index in [0.29, 0.717) is 0 Å². The third-order valence-electron chi connectivity index (χ3n) is 3.45. The van der Waals surface area contributed by atoms with E-state index in [1.165, 1.54) is 0 Å². The minimum Gasteiger partial charge on any atom is -0.497 e. The number of thioether (sulfide) groups is 1. The highest BCUT2D eigenvalue weighted by Crippen LogP contribution is 2.28. The Morgan fingerprint density at radius 1 is 1.29 bits per heavy atom. The highest BCUT2D eigenvalue weighted by atomic mass is 32.2. The van der Waals surface area contributed by atoms with E-state index < -0.39 is 0 Å². The molecule has 3 aromatic rings. The van der Waals surface area contributed by atoms with Crippen molar-refractivity contribution in [2.24, 2.45) is 0 Å². The number of thiazole rings is 1. The van der Waals surface area contributed by atoms with Crippen molar-refractivity contribution < 1.29 is 4.74 Å². The first-order valence-corrected chi connectivity index (χ1v) is 9.30. The molecule has 3 rings (SSSR count). The molecule has 0 atom stereocenters. The standard InChI is InChI=1S/C17H18N4OS2/c1-4-9-21-12(2)19-20-17(21)24-11-14-10-23-16(18-14)13-5-7-15(22-3)8-6-13/h4-8,10H,1,9,11H2,2-3H3. The number of rotatable bonds is 7. The molecule has 0 aliphatic heterocycles. The van der Waals surface area contributed by atoms with Crippen LogP contribution in [0.15, 0.2) is 47.5 Å². The number of nitrogens with zero attached hydrogens (tertiary/aromatic N) is 4. The molecule has 5 nitrogen and oxygen atoms in total. The van der Waals surface area contributed by atoms with Crippen molar-refractivity contribution in [1.29, 1.82) is 0 Å². The van der Waals surface area contributed by atoms with Gasteiger partial charge in [-0.1, -0.05) is 17.8 Å². The summed E-state index contributed by atoms with van der Waals surface area (Å²) in [7, 11) is 1.67. The Bertz CT molecular complexity index is 823. The lowest BCUT2D eigenvalue weighted by molar-refractivity contribution is 0.415. The molecule has 2 aromatic heterocycles. The molecule has 0 saturated heterocycles. The van der Waals surface area contributed by atoms with Crippen LogP contribution in [0.1, 0.15) is 11.5 Å². The zero-order valence-electron chi connectivity index (χ0n) is 13.6. The van der Waals surface area contributed by atoms with E-state index in [-0.39, 0.29) is 0 Å². The topological polar surface area (TPSA) is 52.8 Å². The van der Waals surface area contributed by atoms with Gasteiger partial charge in [0.1, 0.15) is 16.6 Å². The minimum absolute atomic E-state index is 0.718. The molecule has 7 heteroatoms. The van der Waals surface area contributed by atoms with Crippen molar-refractivity contribution in [1.82, 2.24) is 19.7 Å². The summed E-state index contributed by atoms with van der Waals surface area (Å²) in [6, 6.07) is 7.95. The Balaban J connectivity index is 1.69. The summed E-state index contributed by atoms with van der Waals surface area (Å²) in [6.07, 6.45) is 1.85. The van der Waals surface area contributed by atoms with Gasteiger partial charge in [-0.05, 0) is 31.2 Å². The largest absolute Gasteiger partial charge is 0.497 e. The number of methoxy groups -OCH3 is 1. The second kappa shape index (κ2) is 7.63. The molecular formula is C17H18N4OS2. The molecule has 0 N–H and O–H groups in total. The van der Waals surface area contributed by atoms with Gasteiger partial charge in [0.05, 0.1) is 12.8 Å². The molecule has 124 valence electrons. The van der Waals surface area contributed by atoms with Gasteiger partial charge in [0.25, 0.3) is 0 Å². The second-order valence-corrected chi connectivity index (χ2v) is 6.89. The number of hydrogen-bond acceptors (Lipinski definition) is 6. The van der Waals surface area contributed by atoms with Crippen LogP contribution in [-0.2, 0) is 12.3 Å². The van der Waals surface area contributed by atoms with Crippen LogP contribution in [0.2, 0.25) is 0 Å². The van der Waals surface area contributed by atoms with Crippen molar-refractivity contribution in [3.63, 3.8) is 0 Å². The number of ether oxygens (including phenoxy) is 1. The molecule has 0 unspecified atom stereocenters. The monoisotopic (exact) mass is 358 g/mol. The molecule has 0 radical (unpaired) electrons. The normalized spacial score (nSPS) is 10.8. The fourth-order valence-electron chi connectivity index (χ4n) is 2.19. The summed E-state index contributed by atoms with van der Waals surface area (Å²) < 4.78 is 7.24. The molecule has 24 heavy (non-hydrogen) atoms. The summed E-state index contributed by atoms with van der Waals surface area (Å²) in [5.41, 5.74) is 2.14. The summed E-state index contributed by atoms with van der Waals surface area (Å²) >= 11 is 3.29. The van der Waals surface area contributed by atoms with Gasteiger partial charge in [-0.3, -0.25) is 0 Å². The molecule has 2 heterocycles. The fraction of sp³-hybridized carbons (Fsp3) is 0.235. The van der Waals surface area contributed by atoms with E-state index in [9.17, 15) is 0 Å².